The Hall–Kier alpha value is -2.37. The lowest BCUT2D eigenvalue weighted by Gasteiger charge is -2.35. The third-order valence-corrected chi connectivity index (χ3v) is 4.97. The Bertz CT molecular complexity index is 833. The van der Waals surface area contributed by atoms with E-state index in [4.69, 9.17) is 0 Å². The first-order valence-corrected chi connectivity index (χ1v) is 8.72. The maximum atomic E-state index is 12.8. The van der Waals surface area contributed by atoms with E-state index in [1.165, 1.54) is 0 Å². The molecule has 4 rings (SSSR count). The predicted octanol–water partition coefficient (Wildman–Crippen LogP) is 1.47. The quantitative estimate of drug-likeness (QED) is 0.857. The summed E-state index contributed by atoms with van der Waals surface area (Å²) in [5.74, 6) is 1.05. The summed E-state index contributed by atoms with van der Waals surface area (Å²) < 4.78 is 1.78. The van der Waals surface area contributed by atoms with Crippen molar-refractivity contribution in [3.8, 4) is 0 Å². The minimum atomic E-state index is -0.0434. The first-order valence-electron chi connectivity index (χ1n) is 8.72. The first-order chi connectivity index (χ1) is 11.7. The standard InChI is InChI=1S/C18H22N4O2/c1-2-22-15-6-4-3-5-14(15)19-16(18(22)24)20-9-11-21(12-10-20)17(23)13-7-8-13/h3-6,13H,2,7-12H2,1H3. The molecule has 2 fully saturated rings. The number of hydrogen-bond acceptors (Lipinski definition) is 4. The molecule has 2 heterocycles. The van der Waals surface area contributed by atoms with Crippen molar-refractivity contribution in [2.24, 2.45) is 5.92 Å². The molecule has 1 saturated carbocycles. The molecule has 2 aromatic rings. The van der Waals surface area contributed by atoms with E-state index >= 15 is 0 Å². The Morgan fingerprint density at radius 2 is 1.88 bits per heavy atom. The third-order valence-electron chi connectivity index (χ3n) is 4.97. The molecule has 24 heavy (non-hydrogen) atoms. The Balaban J connectivity index is 1.61. The highest BCUT2D eigenvalue weighted by molar-refractivity contribution is 5.81. The summed E-state index contributed by atoms with van der Waals surface area (Å²) in [6, 6.07) is 7.74. The third kappa shape index (κ3) is 2.56. The SMILES string of the molecule is CCn1c(=O)c(N2CCN(C(=O)C3CC3)CC2)nc2ccccc21. The number of anilines is 1. The first kappa shape index (κ1) is 15.2. The fourth-order valence-corrected chi connectivity index (χ4v) is 3.43. The van der Waals surface area contributed by atoms with Gasteiger partial charge >= 0.3 is 0 Å². The minimum absolute atomic E-state index is 0.0434. The van der Waals surface area contributed by atoms with Crippen molar-refractivity contribution < 1.29 is 4.79 Å². The fourth-order valence-electron chi connectivity index (χ4n) is 3.43. The number of nitrogens with zero attached hydrogens (tertiary/aromatic N) is 4. The van der Waals surface area contributed by atoms with Crippen LogP contribution < -0.4 is 10.5 Å². The van der Waals surface area contributed by atoms with Crippen LogP contribution in [0.5, 0.6) is 0 Å². The maximum Gasteiger partial charge on any atom is 0.293 e. The van der Waals surface area contributed by atoms with Crippen molar-refractivity contribution in [3.63, 3.8) is 0 Å². The monoisotopic (exact) mass is 326 g/mol. The van der Waals surface area contributed by atoms with Crippen LogP contribution in [0, 0.1) is 5.92 Å². The molecule has 1 aliphatic heterocycles. The van der Waals surface area contributed by atoms with Gasteiger partial charge in [0.25, 0.3) is 5.56 Å². The van der Waals surface area contributed by atoms with E-state index in [0.29, 0.717) is 38.5 Å². The molecule has 1 amide bonds. The molecule has 0 atom stereocenters. The Morgan fingerprint density at radius 3 is 2.54 bits per heavy atom. The van der Waals surface area contributed by atoms with Crippen LogP contribution in [0.4, 0.5) is 5.82 Å². The molecule has 0 bridgehead atoms. The molecule has 0 unspecified atom stereocenters. The van der Waals surface area contributed by atoms with Gasteiger partial charge in [-0.05, 0) is 31.9 Å². The number of piperazine rings is 1. The van der Waals surface area contributed by atoms with Crippen LogP contribution in [0.3, 0.4) is 0 Å². The lowest BCUT2D eigenvalue weighted by molar-refractivity contribution is -0.132. The molecule has 2 aliphatic rings. The lowest BCUT2D eigenvalue weighted by Crippen LogP contribution is -2.51. The van der Waals surface area contributed by atoms with Gasteiger partial charge in [-0.1, -0.05) is 12.1 Å². The Morgan fingerprint density at radius 1 is 1.17 bits per heavy atom. The molecule has 1 aromatic carbocycles. The van der Waals surface area contributed by atoms with Gasteiger partial charge in [0.05, 0.1) is 11.0 Å². The van der Waals surface area contributed by atoms with Crippen LogP contribution in [0.2, 0.25) is 0 Å². The number of benzene rings is 1. The van der Waals surface area contributed by atoms with Gasteiger partial charge in [-0.25, -0.2) is 4.98 Å². The molecular weight excluding hydrogens is 304 g/mol. The van der Waals surface area contributed by atoms with E-state index in [1.54, 1.807) is 4.57 Å². The second kappa shape index (κ2) is 5.92. The van der Waals surface area contributed by atoms with Gasteiger partial charge < -0.3 is 14.4 Å². The fraction of sp³-hybridized carbons (Fsp3) is 0.500. The highest BCUT2D eigenvalue weighted by atomic mass is 16.2. The van der Waals surface area contributed by atoms with Crippen LogP contribution in [-0.2, 0) is 11.3 Å². The summed E-state index contributed by atoms with van der Waals surface area (Å²) in [4.78, 5) is 33.6. The zero-order chi connectivity index (χ0) is 16.7. The average molecular weight is 326 g/mol. The number of para-hydroxylation sites is 2. The average Bonchev–Trinajstić information content (AvgIpc) is 3.46. The van der Waals surface area contributed by atoms with Gasteiger partial charge in [-0.2, -0.15) is 0 Å². The summed E-state index contributed by atoms with van der Waals surface area (Å²) in [5, 5.41) is 0. The van der Waals surface area contributed by atoms with Gasteiger partial charge in [-0.3, -0.25) is 9.59 Å². The molecule has 6 heteroatoms. The lowest BCUT2D eigenvalue weighted by atomic mass is 10.2. The summed E-state index contributed by atoms with van der Waals surface area (Å²) in [5.41, 5.74) is 1.67. The van der Waals surface area contributed by atoms with Crippen LogP contribution in [0.15, 0.2) is 29.1 Å². The Kier molecular flexibility index (Phi) is 3.75. The van der Waals surface area contributed by atoms with Crippen molar-refractivity contribution in [1.82, 2.24) is 14.5 Å². The van der Waals surface area contributed by atoms with E-state index in [0.717, 1.165) is 23.9 Å². The van der Waals surface area contributed by atoms with Gasteiger partial charge in [-0.15, -0.1) is 0 Å². The van der Waals surface area contributed by atoms with Crippen molar-refractivity contribution in [3.05, 3.63) is 34.6 Å². The van der Waals surface area contributed by atoms with Gasteiger partial charge in [0.15, 0.2) is 5.82 Å². The summed E-state index contributed by atoms with van der Waals surface area (Å²) >= 11 is 0. The largest absolute Gasteiger partial charge is 0.348 e. The number of aryl methyl sites for hydroxylation is 1. The number of carbonyl (C=O) groups excluding carboxylic acids is 1. The van der Waals surface area contributed by atoms with E-state index in [9.17, 15) is 9.59 Å². The number of hydrogen-bond donors (Lipinski definition) is 0. The summed E-state index contributed by atoms with van der Waals surface area (Å²) in [6.45, 7) is 5.29. The summed E-state index contributed by atoms with van der Waals surface area (Å²) in [7, 11) is 0. The van der Waals surface area contributed by atoms with Gasteiger partial charge in [0.2, 0.25) is 5.91 Å². The van der Waals surface area contributed by atoms with E-state index in [2.05, 4.69) is 4.98 Å². The molecular formula is C18H22N4O2. The molecule has 0 spiro atoms. The highest BCUT2D eigenvalue weighted by Gasteiger charge is 2.35. The van der Waals surface area contributed by atoms with Crippen molar-refractivity contribution in [1.29, 1.82) is 0 Å². The number of aromatic nitrogens is 2. The summed E-state index contributed by atoms with van der Waals surface area (Å²) in [6.07, 6.45) is 2.07. The van der Waals surface area contributed by atoms with Gasteiger partial charge in [0.1, 0.15) is 0 Å². The van der Waals surface area contributed by atoms with Crippen LogP contribution >= 0.6 is 0 Å². The zero-order valence-corrected chi connectivity index (χ0v) is 13.9. The molecule has 1 aromatic heterocycles. The molecule has 126 valence electrons. The zero-order valence-electron chi connectivity index (χ0n) is 13.9. The predicted molar refractivity (Wildman–Crippen MR) is 93.2 cm³/mol. The van der Waals surface area contributed by atoms with Crippen LogP contribution in [0.1, 0.15) is 19.8 Å². The normalized spacial score (nSPS) is 18.2. The van der Waals surface area contributed by atoms with E-state index in [1.807, 2.05) is 41.0 Å². The molecule has 1 saturated heterocycles. The smallest absolute Gasteiger partial charge is 0.293 e. The minimum Gasteiger partial charge on any atom is -0.348 e. The molecule has 6 nitrogen and oxygen atoms in total. The topological polar surface area (TPSA) is 58.4 Å². The van der Waals surface area contributed by atoms with E-state index in [-0.39, 0.29) is 17.4 Å². The number of fused-ring (bicyclic) bond motifs is 1. The van der Waals surface area contributed by atoms with Crippen molar-refractivity contribution in [2.75, 3.05) is 31.1 Å². The number of rotatable bonds is 3. The second-order valence-corrected chi connectivity index (χ2v) is 6.56. The van der Waals surface area contributed by atoms with Gasteiger partial charge in [0, 0.05) is 38.6 Å². The number of carbonyl (C=O) groups is 1. The highest BCUT2D eigenvalue weighted by Crippen LogP contribution is 2.31. The van der Waals surface area contributed by atoms with Crippen LogP contribution in [-0.4, -0.2) is 46.5 Å². The molecule has 0 N–H and O–H groups in total. The molecule has 0 radical (unpaired) electrons. The maximum absolute atomic E-state index is 12.8. The second-order valence-electron chi connectivity index (χ2n) is 6.56. The van der Waals surface area contributed by atoms with E-state index < -0.39 is 0 Å². The van der Waals surface area contributed by atoms with Crippen LogP contribution in [0.25, 0.3) is 11.0 Å². The Labute approximate surface area is 140 Å². The number of amides is 1. The molecule has 1 aliphatic carbocycles. The van der Waals surface area contributed by atoms with Crippen molar-refractivity contribution in [2.45, 2.75) is 26.3 Å². The van der Waals surface area contributed by atoms with Crippen molar-refractivity contribution >= 4 is 22.8 Å².